The van der Waals surface area contributed by atoms with Crippen LogP contribution < -0.4 is 0 Å². The van der Waals surface area contributed by atoms with Crippen LogP contribution in [0.1, 0.15) is 7.43 Å². The SMILES string of the molecule is C.[C-]#CC#CC#CC#CC#CC#CC#CC#CC#CC#CC#CC#CC#CC#CC#CC#CC#CC#C.[Ir].[Ir].[c-]1ccn2c1c1ncccc1c1ncccc12.c1cnc2c(c1)c1ncccc1n1cccc21. The van der Waals surface area contributed by atoms with Crippen LogP contribution in [0, 0.1) is 220 Å². The fourth-order valence-electron chi connectivity index (χ4n) is 5.69. The quantitative estimate of drug-likeness (QED) is 0.0958. The van der Waals surface area contributed by atoms with E-state index in [1.54, 1.807) is 6.20 Å². The van der Waals surface area contributed by atoms with Crippen molar-refractivity contribution in [2.45, 2.75) is 7.43 Å². The van der Waals surface area contributed by atoms with Crippen LogP contribution in [0.5, 0.6) is 0 Å². The van der Waals surface area contributed by atoms with Crippen LogP contribution >= 0.6 is 0 Å². The van der Waals surface area contributed by atoms with Crippen molar-refractivity contribution in [3.63, 3.8) is 0 Å². The Balaban J connectivity index is 0.000000311. The van der Waals surface area contributed by atoms with E-state index in [0.29, 0.717) is 0 Å². The van der Waals surface area contributed by atoms with Crippen molar-refractivity contribution in [3.05, 3.63) is 116 Å². The molecule has 8 rings (SSSR count). The fraction of sp³-hybridized carbons (Fsp3) is 0.0154. The number of rotatable bonds is 0. The van der Waals surface area contributed by atoms with Crippen molar-refractivity contribution in [1.82, 2.24) is 28.7 Å². The third-order valence-electron chi connectivity index (χ3n) is 8.19. The molecule has 0 unspecified atom stereocenters. The predicted molar refractivity (Wildman–Crippen MR) is 282 cm³/mol. The van der Waals surface area contributed by atoms with Crippen LogP contribution in [0.25, 0.3) is 54.9 Å². The molecule has 332 valence electrons. The Morgan fingerprint density at radius 3 is 1.04 bits per heavy atom. The molecule has 0 N–H and O–H groups in total. The van der Waals surface area contributed by atoms with Crippen molar-refractivity contribution in [3.8, 4) is 208 Å². The Morgan fingerprint density at radius 1 is 0.370 bits per heavy atom. The Hall–Kier alpha value is -11.5. The van der Waals surface area contributed by atoms with Crippen molar-refractivity contribution in [1.29, 1.82) is 0 Å². The second-order valence-electron chi connectivity index (χ2n) is 12.3. The van der Waals surface area contributed by atoms with E-state index in [-0.39, 0.29) is 47.6 Å². The third kappa shape index (κ3) is 17.3. The summed E-state index contributed by atoms with van der Waals surface area (Å²) in [6, 6.07) is 25.3. The van der Waals surface area contributed by atoms with Gasteiger partial charge in [-0.15, -0.1) is 12.3 Å². The number of nitrogens with zero attached hydrogens (tertiary/aromatic N) is 6. The van der Waals surface area contributed by atoms with Gasteiger partial charge in [-0.1, -0.05) is 25.2 Å². The number of aromatic nitrogens is 6. The Kier molecular flexibility index (Phi) is 25.3. The average molecular weight is 1270 g/mol. The van der Waals surface area contributed by atoms with E-state index < -0.39 is 0 Å². The second kappa shape index (κ2) is 33.1. The number of pyridine rings is 6. The van der Waals surface area contributed by atoms with Gasteiger partial charge >= 0.3 is 0 Å². The molecule has 0 amide bonds. The van der Waals surface area contributed by atoms with E-state index in [4.69, 9.17) is 12.8 Å². The largest absolute Gasteiger partial charge is 0.390 e. The van der Waals surface area contributed by atoms with Crippen molar-refractivity contribution >= 4 is 54.9 Å². The molecule has 0 aromatic carbocycles. The first kappa shape index (κ1) is 55.9. The molecule has 8 aromatic heterocycles. The van der Waals surface area contributed by atoms with Crippen LogP contribution in [0.2, 0.25) is 0 Å². The van der Waals surface area contributed by atoms with Gasteiger partial charge in [0.25, 0.3) is 0 Å². The second-order valence-corrected chi connectivity index (χ2v) is 12.3. The van der Waals surface area contributed by atoms with Crippen LogP contribution in [0.15, 0.2) is 104 Å². The zero-order chi connectivity index (χ0) is 48.5. The van der Waals surface area contributed by atoms with Gasteiger partial charge in [0.15, 0.2) is 0 Å². The van der Waals surface area contributed by atoms with E-state index in [9.17, 15) is 0 Å². The van der Waals surface area contributed by atoms with Crippen molar-refractivity contribution in [2.75, 3.05) is 0 Å². The van der Waals surface area contributed by atoms with Crippen LogP contribution in [0.4, 0.5) is 0 Å². The van der Waals surface area contributed by atoms with E-state index in [1.807, 2.05) is 73.3 Å². The molecule has 0 fully saturated rings. The minimum absolute atomic E-state index is 0. The first-order valence-electron chi connectivity index (χ1n) is 19.8. The predicted octanol–water partition coefficient (Wildman–Crippen LogP) is 6.77. The normalized spacial score (nSPS) is 7.26. The topological polar surface area (TPSA) is 60.4 Å². The number of terminal acetylenes is 1. The average Bonchev–Trinajstić information content (AvgIpc) is 4.12. The van der Waals surface area contributed by atoms with Crippen LogP contribution in [-0.2, 0) is 40.2 Å². The molecule has 8 aromatic rings. The minimum atomic E-state index is 0. The summed E-state index contributed by atoms with van der Waals surface area (Å²) in [6.07, 6.45) is 22.8. The van der Waals surface area contributed by atoms with Crippen LogP contribution in [0.3, 0.4) is 0 Å². The Bertz CT molecular complexity index is 4190. The molecule has 6 nitrogen and oxygen atoms in total. The van der Waals surface area contributed by atoms with E-state index >= 15 is 0 Å². The zero-order valence-corrected chi connectivity index (χ0v) is 41.5. The molecule has 0 saturated carbocycles. The standard InChI is InChI=1S/C36H.C14H9N3.C14H8N3.CH4.2Ir/c1-3-5-7-9-11-13-15-17-19-21-23-25-27-29-31-33-35-36-34-32-30-28-26-24-22-20-18-16-14-12-10-8-6-4-2;2*1-4-10-13-11(5-2-8-16-13)17-9-3-6-12(17)14(10)15-7-1;;;/h1H;1-9H;1-5,7-9H;1H4;;/q-1;;-1;;;. The van der Waals surface area contributed by atoms with E-state index in [2.05, 4.69) is 261 Å². The third-order valence-corrected chi connectivity index (χ3v) is 8.19. The molecule has 2 radical (unpaired) electrons. The van der Waals surface area contributed by atoms with E-state index in [1.165, 1.54) is 0 Å². The molecular formula is C65H22Ir2N6-2. The first-order chi connectivity index (χ1) is 34.8. The van der Waals surface area contributed by atoms with Gasteiger partial charge < -0.3 is 20.2 Å². The maximum absolute atomic E-state index is 6.54. The van der Waals surface area contributed by atoms with Gasteiger partial charge in [0.1, 0.15) is 0 Å². The molecule has 0 spiro atoms. The maximum Gasteiger partial charge on any atom is 0.0964 e. The van der Waals surface area contributed by atoms with Gasteiger partial charge in [0, 0.05) is 165 Å². The minimum Gasteiger partial charge on any atom is -0.390 e. The van der Waals surface area contributed by atoms with Gasteiger partial charge in [-0.25, -0.2) is 5.92 Å². The molecule has 0 saturated heterocycles. The zero-order valence-electron chi connectivity index (χ0n) is 36.7. The summed E-state index contributed by atoms with van der Waals surface area (Å²) in [5.41, 5.74) is 8.26. The molecule has 8 heterocycles. The molecule has 73 heavy (non-hydrogen) atoms. The number of hydrogen-bond donors (Lipinski definition) is 0. The van der Waals surface area contributed by atoms with Gasteiger partial charge in [0.2, 0.25) is 0 Å². The van der Waals surface area contributed by atoms with Gasteiger partial charge in [-0.3, -0.25) is 20.9 Å². The molecule has 0 atom stereocenters. The maximum atomic E-state index is 6.54. The smallest absolute Gasteiger partial charge is 0.0964 e. The summed E-state index contributed by atoms with van der Waals surface area (Å²) < 4.78 is 4.22. The van der Waals surface area contributed by atoms with E-state index in [0.717, 1.165) is 54.9 Å². The number of hydrogen-bond acceptors (Lipinski definition) is 4. The van der Waals surface area contributed by atoms with Gasteiger partial charge in [-0.05, 0) is 160 Å². The summed E-state index contributed by atoms with van der Waals surface area (Å²) >= 11 is 0. The molecule has 8 heteroatoms. The molecule has 0 aliphatic heterocycles. The van der Waals surface area contributed by atoms with Crippen molar-refractivity contribution < 1.29 is 40.2 Å². The number of fused-ring (bicyclic) bond motifs is 12. The fourth-order valence-corrected chi connectivity index (χ4v) is 5.69. The monoisotopic (exact) mass is 1270 g/mol. The molecule has 0 aliphatic carbocycles. The van der Waals surface area contributed by atoms with Gasteiger partial charge in [0.05, 0.1) is 33.1 Å². The van der Waals surface area contributed by atoms with Crippen molar-refractivity contribution in [2.24, 2.45) is 0 Å². The van der Waals surface area contributed by atoms with Gasteiger partial charge in [-0.2, -0.15) is 12.1 Å². The summed E-state index contributed by atoms with van der Waals surface area (Å²) in [4.78, 5) is 17.9. The summed E-state index contributed by atoms with van der Waals surface area (Å²) in [5, 5.41) is 2.18. The summed E-state index contributed by atoms with van der Waals surface area (Å²) in [6.45, 7) is 0. The Labute approximate surface area is 452 Å². The summed E-state index contributed by atoms with van der Waals surface area (Å²) in [5.74, 6) is 82.5. The molecular weight excluding hydrogens is 1250 g/mol. The summed E-state index contributed by atoms with van der Waals surface area (Å²) in [7, 11) is 0. The van der Waals surface area contributed by atoms with Crippen LogP contribution in [-0.4, -0.2) is 28.7 Å². The molecule has 0 bridgehead atoms. The molecule has 0 aliphatic rings. The Morgan fingerprint density at radius 2 is 0.671 bits per heavy atom. The first-order valence-corrected chi connectivity index (χ1v) is 19.8.